The van der Waals surface area contributed by atoms with E-state index in [1.165, 1.54) is 6.07 Å². The number of hydrogen-bond donors (Lipinski definition) is 2. The van der Waals surface area contributed by atoms with Crippen molar-refractivity contribution in [1.29, 1.82) is 0 Å². The van der Waals surface area contributed by atoms with Crippen LogP contribution in [0.15, 0.2) is 58.0 Å². The normalized spacial score (nSPS) is 10.7. The van der Waals surface area contributed by atoms with Gasteiger partial charge in [-0.2, -0.15) is 0 Å². The molecule has 0 bridgehead atoms. The molecule has 2 amide bonds. The summed E-state index contributed by atoms with van der Waals surface area (Å²) in [5.41, 5.74) is 7.23. The molecule has 0 saturated carbocycles. The van der Waals surface area contributed by atoms with Gasteiger partial charge in [-0.15, -0.1) is 11.8 Å². The first kappa shape index (κ1) is 18.0. The molecule has 0 unspecified atom stereocenters. The molecule has 0 spiro atoms. The van der Waals surface area contributed by atoms with E-state index in [4.69, 9.17) is 4.42 Å². The zero-order valence-corrected chi connectivity index (χ0v) is 14.9. The lowest BCUT2D eigenvalue weighted by molar-refractivity contribution is -0.127. The first-order valence-electron chi connectivity index (χ1n) is 7.94. The van der Waals surface area contributed by atoms with Crippen molar-refractivity contribution in [1.82, 2.24) is 10.9 Å². The maximum atomic E-state index is 13.5. The second-order valence-corrected chi connectivity index (χ2v) is 6.77. The number of hydrazine groups is 1. The number of carbonyl (C=O) groups excluding carboxylic acids is 2. The van der Waals surface area contributed by atoms with Crippen molar-refractivity contribution < 1.29 is 18.4 Å². The van der Waals surface area contributed by atoms with E-state index < -0.39 is 5.91 Å². The SMILES string of the molecule is Cc1ccc2c(CC(=O)NNC(=O)CSc3ccccc3F)coc2c1. The van der Waals surface area contributed by atoms with E-state index in [2.05, 4.69) is 10.9 Å². The van der Waals surface area contributed by atoms with Crippen molar-refractivity contribution in [2.24, 2.45) is 0 Å². The molecule has 3 aromatic rings. The Morgan fingerprint density at radius 3 is 2.69 bits per heavy atom. The Balaban J connectivity index is 1.49. The van der Waals surface area contributed by atoms with Crippen LogP contribution in [0.4, 0.5) is 4.39 Å². The van der Waals surface area contributed by atoms with E-state index in [9.17, 15) is 14.0 Å². The summed E-state index contributed by atoms with van der Waals surface area (Å²) >= 11 is 1.06. The van der Waals surface area contributed by atoms with Crippen LogP contribution in [0.2, 0.25) is 0 Å². The fraction of sp³-hybridized carbons (Fsp3) is 0.158. The van der Waals surface area contributed by atoms with E-state index in [0.29, 0.717) is 4.90 Å². The number of hydrogen-bond acceptors (Lipinski definition) is 4. The molecule has 0 aliphatic heterocycles. The second-order valence-electron chi connectivity index (χ2n) is 5.75. The molecule has 1 aromatic heterocycles. The third-order valence-corrected chi connectivity index (χ3v) is 4.75. The topological polar surface area (TPSA) is 71.3 Å². The molecule has 0 saturated heterocycles. The molecule has 0 atom stereocenters. The second kappa shape index (κ2) is 8.05. The van der Waals surface area contributed by atoms with Gasteiger partial charge < -0.3 is 4.42 Å². The largest absolute Gasteiger partial charge is 0.464 e. The molecule has 26 heavy (non-hydrogen) atoms. The van der Waals surface area contributed by atoms with Crippen LogP contribution in [0.5, 0.6) is 0 Å². The molecular weight excluding hydrogens is 355 g/mol. The molecule has 3 rings (SSSR count). The lowest BCUT2D eigenvalue weighted by atomic mass is 10.1. The van der Waals surface area contributed by atoms with E-state index in [1.54, 1.807) is 24.5 Å². The Morgan fingerprint density at radius 2 is 1.88 bits per heavy atom. The average Bonchev–Trinajstić information content (AvgIpc) is 3.01. The van der Waals surface area contributed by atoms with Gasteiger partial charge in [-0.3, -0.25) is 20.4 Å². The molecule has 1 heterocycles. The quantitative estimate of drug-likeness (QED) is 0.532. The summed E-state index contributed by atoms with van der Waals surface area (Å²) < 4.78 is 18.9. The summed E-state index contributed by atoms with van der Waals surface area (Å²) in [6.45, 7) is 1.96. The van der Waals surface area contributed by atoms with Crippen LogP contribution < -0.4 is 10.9 Å². The van der Waals surface area contributed by atoms with Gasteiger partial charge in [0.1, 0.15) is 11.4 Å². The maximum absolute atomic E-state index is 13.5. The van der Waals surface area contributed by atoms with Gasteiger partial charge in [0.2, 0.25) is 11.8 Å². The number of rotatable bonds is 5. The fourth-order valence-corrected chi connectivity index (χ4v) is 3.16. The van der Waals surface area contributed by atoms with Crippen LogP contribution in [0.1, 0.15) is 11.1 Å². The van der Waals surface area contributed by atoms with Gasteiger partial charge in [0, 0.05) is 15.8 Å². The van der Waals surface area contributed by atoms with E-state index in [-0.39, 0.29) is 23.9 Å². The van der Waals surface area contributed by atoms with Crippen LogP contribution in [0.3, 0.4) is 0 Å². The minimum absolute atomic E-state index is 0.00483. The molecule has 2 aromatic carbocycles. The number of fused-ring (bicyclic) bond motifs is 1. The minimum Gasteiger partial charge on any atom is -0.464 e. The predicted octanol–water partition coefficient (Wildman–Crippen LogP) is 3.36. The van der Waals surface area contributed by atoms with Gasteiger partial charge in [0.05, 0.1) is 18.4 Å². The van der Waals surface area contributed by atoms with Gasteiger partial charge >= 0.3 is 0 Å². The average molecular weight is 372 g/mol. The van der Waals surface area contributed by atoms with Crippen molar-refractivity contribution in [2.45, 2.75) is 18.2 Å². The van der Waals surface area contributed by atoms with Crippen LogP contribution in [0.25, 0.3) is 11.0 Å². The zero-order chi connectivity index (χ0) is 18.5. The summed E-state index contributed by atoms with van der Waals surface area (Å²) in [4.78, 5) is 24.2. The first-order chi connectivity index (χ1) is 12.5. The number of furan rings is 1. The molecule has 0 radical (unpaired) electrons. The van der Waals surface area contributed by atoms with Gasteiger partial charge in [-0.05, 0) is 30.7 Å². The highest BCUT2D eigenvalue weighted by molar-refractivity contribution is 8.00. The number of thioether (sulfide) groups is 1. The number of carbonyl (C=O) groups is 2. The Labute approximate surface area is 153 Å². The Morgan fingerprint density at radius 1 is 1.12 bits per heavy atom. The van der Waals surface area contributed by atoms with Crippen molar-refractivity contribution in [3.63, 3.8) is 0 Å². The first-order valence-corrected chi connectivity index (χ1v) is 8.93. The standard InChI is InChI=1S/C19H17FN2O3S/c1-12-6-7-14-13(10-25-16(14)8-12)9-18(23)21-22-19(24)11-26-17-5-3-2-4-15(17)20/h2-8,10H,9,11H2,1H3,(H,21,23)(H,22,24). The van der Waals surface area contributed by atoms with Crippen molar-refractivity contribution in [2.75, 3.05) is 5.75 Å². The summed E-state index contributed by atoms with van der Waals surface area (Å²) in [5, 5.41) is 0.868. The molecule has 0 aliphatic rings. The van der Waals surface area contributed by atoms with E-state index in [0.717, 1.165) is 33.9 Å². The molecule has 0 aliphatic carbocycles. The molecular formula is C19H17FN2O3S. The lowest BCUT2D eigenvalue weighted by Gasteiger charge is -2.07. The number of amides is 2. The van der Waals surface area contributed by atoms with E-state index in [1.807, 2.05) is 25.1 Å². The van der Waals surface area contributed by atoms with Crippen molar-refractivity contribution in [3.05, 3.63) is 65.7 Å². The Bertz CT molecular complexity index is 955. The molecule has 0 fully saturated rings. The predicted molar refractivity (Wildman–Crippen MR) is 98.1 cm³/mol. The minimum atomic E-state index is -0.417. The molecule has 5 nitrogen and oxygen atoms in total. The van der Waals surface area contributed by atoms with Crippen molar-refractivity contribution in [3.8, 4) is 0 Å². The fourth-order valence-electron chi connectivity index (χ4n) is 2.43. The summed E-state index contributed by atoms with van der Waals surface area (Å²) in [6, 6.07) is 12.0. The van der Waals surface area contributed by atoms with Crippen LogP contribution >= 0.6 is 11.8 Å². The highest BCUT2D eigenvalue weighted by Crippen LogP contribution is 2.23. The summed E-state index contributed by atoms with van der Waals surface area (Å²) in [6.07, 6.45) is 1.62. The number of nitrogens with one attached hydrogen (secondary N) is 2. The molecule has 134 valence electrons. The van der Waals surface area contributed by atoms with Gasteiger partial charge in [-0.1, -0.05) is 24.3 Å². The van der Waals surface area contributed by atoms with Gasteiger partial charge in [0.15, 0.2) is 0 Å². The number of aryl methyl sites for hydroxylation is 1. The van der Waals surface area contributed by atoms with Crippen LogP contribution in [-0.4, -0.2) is 17.6 Å². The molecule has 7 heteroatoms. The Hall–Kier alpha value is -2.80. The number of benzene rings is 2. The highest BCUT2D eigenvalue weighted by Gasteiger charge is 2.12. The summed E-state index contributed by atoms with van der Waals surface area (Å²) in [5.74, 6) is -1.16. The third-order valence-electron chi connectivity index (χ3n) is 3.70. The van der Waals surface area contributed by atoms with Gasteiger partial charge in [0.25, 0.3) is 0 Å². The number of halogens is 1. The molecule has 2 N–H and O–H groups in total. The Kier molecular flexibility index (Phi) is 5.58. The van der Waals surface area contributed by atoms with E-state index >= 15 is 0 Å². The zero-order valence-electron chi connectivity index (χ0n) is 14.0. The maximum Gasteiger partial charge on any atom is 0.248 e. The highest BCUT2D eigenvalue weighted by atomic mass is 32.2. The smallest absolute Gasteiger partial charge is 0.248 e. The summed E-state index contributed by atoms with van der Waals surface area (Å²) in [7, 11) is 0. The lowest BCUT2D eigenvalue weighted by Crippen LogP contribution is -2.43. The van der Waals surface area contributed by atoms with Gasteiger partial charge in [-0.25, -0.2) is 4.39 Å². The van der Waals surface area contributed by atoms with Crippen molar-refractivity contribution >= 4 is 34.5 Å². The van der Waals surface area contributed by atoms with Crippen LogP contribution in [0, 0.1) is 12.7 Å². The monoisotopic (exact) mass is 372 g/mol. The van der Waals surface area contributed by atoms with Crippen LogP contribution in [-0.2, 0) is 16.0 Å². The third kappa shape index (κ3) is 4.43.